The van der Waals surface area contributed by atoms with Crippen LogP contribution in [0, 0.1) is 5.82 Å². The molecule has 1 N–H and O–H groups in total. The van der Waals surface area contributed by atoms with E-state index in [1.165, 1.54) is 12.1 Å². The van der Waals surface area contributed by atoms with Crippen molar-refractivity contribution >= 4 is 17.5 Å². The first-order valence-electron chi connectivity index (χ1n) is 9.55. The summed E-state index contributed by atoms with van der Waals surface area (Å²) in [5, 5.41) is 2.98. The zero-order valence-corrected chi connectivity index (χ0v) is 15.2. The molecule has 2 aliphatic rings. The summed E-state index contributed by atoms with van der Waals surface area (Å²) in [6, 6.07) is 13.3. The molecule has 4 rings (SSSR count). The summed E-state index contributed by atoms with van der Waals surface area (Å²) in [6.45, 7) is 1.63. The molecule has 1 heterocycles. The maximum absolute atomic E-state index is 13.2. The summed E-state index contributed by atoms with van der Waals surface area (Å²) in [5.74, 6) is -0.321. The number of likely N-dealkylation sites (tertiary alicyclic amines) is 1. The lowest BCUT2D eigenvalue weighted by Crippen LogP contribution is -2.46. The highest BCUT2D eigenvalue weighted by molar-refractivity contribution is 6.00. The molecule has 1 saturated carbocycles. The van der Waals surface area contributed by atoms with Gasteiger partial charge < -0.3 is 10.2 Å². The van der Waals surface area contributed by atoms with Crippen LogP contribution in [0.5, 0.6) is 0 Å². The number of hydrogen-bond donors (Lipinski definition) is 1. The second kappa shape index (κ2) is 7.14. The summed E-state index contributed by atoms with van der Waals surface area (Å²) >= 11 is 0. The van der Waals surface area contributed by atoms with Crippen molar-refractivity contribution < 1.29 is 14.0 Å². The Bertz CT molecular complexity index is 836. The van der Waals surface area contributed by atoms with E-state index in [9.17, 15) is 14.0 Å². The van der Waals surface area contributed by atoms with Crippen LogP contribution in [0.15, 0.2) is 48.5 Å². The lowest BCUT2D eigenvalue weighted by atomic mass is 9.64. The van der Waals surface area contributed by atoms with Crippen molar-refractivity contribution in [3.8, 4) is 0 Å². The lowest BCUT2D eigenvalue weighted by molar-refractivity contribution is -0.124. The highest BCUT2D eigenvalue weighted by Crippen LogP contribution is 2.44. The van der Waals surface area contributed by atoms with E-state index in [0.717, 1.165) is 50.8 Å². The predicted molar refractivity (Wildman–Crippen MR) is 102 cm³/mol. The minimum atomic E-state index is -0.586. The minimum absolute atomic E-state index is 0.0483. The lowest BCUT2D eigenvalue weighted by Gasteiger charge is -2.40. The van der Waals surface area contributed by atoms with Crippen molar-refractivity contribution in [2.24, 2.45) is 0 Å². The van der Waals surface area contributed by atoms with Crippen molar-refractivity contribution in [1.82, 2.24) is 4.90 Å². The van der Waals surface area contributed by atoms with Gasteiger partial charge in [0.15, 0.2) is 0 Å². The number of amides is 2. The highest BCUT2D eigenvalue weighted by Gasteiger charge is 2.45. The van der Waals surface area contributed by atoms with Crippen LogP contribution >= 0.6 is 0 Å². The Labute approximate surface area is 158 Å². The van der Waals surface area contributed by atoms with Crippen molar-refractivity contribution in [2.75, 3.05) is 18.4 Å². The number of anilines is 1. The normalized spacial score (nSPS) is 18.0. The summed E-state index contributed by atoms with van der Waals surface area (Å²) in [6.07, 6.45) is 4.62. The molecule has 0 unspecified atom stereocenters. The van der Waals surface area contributed by atoms with Gasteiger partial charge >= 0.3 is 0 Å². The Morgan fingerprint density at radius 1 is 0.889 bits per heavy atom. The van der Waals surface area contributed by atoms with Gasteiger partial charge in [-0.2, -0.15) is 0 Å². The van der Waals surface area contributed by atoms with E-state index in [1.807, 2.05) is 4.90 Å². The number of carbonyl (C=O) groups excluding carboxylic acids is 2. The molecule has 1 aliphatic carbocycles. The van der Waals surface area contributed by atoms with Crippen LogP contribution in [0.25, 0.3) is 0 Å². The number of nitrogens with zero attached hydrogens (tertiary/aromatic N) is 1. The third-order valence-electron chi connectivity index (χ3n) is 5.82. The van der Waals surface area contributed by atoms with Crippen molar-refractivity contribution in [3.63, 3.8) is 0 Å². The van der Waals surface area contributed by atoms with Crippen molar-refractivity contribution in [2.45, 2.75) is 37.5 Å². The maximum atomic E-state index is 13.2. The van der Waals surface area contributed by atoms with E-state index >= 15 is 0 Å². The first-order valence-corrected chi connectivity index (χ1v) is 9.55. The summed E-state index contributed by atoms with van der Waals surface area (Å²) < 4.78 is 13.2. The molecule has 2 aromatic carbocycles. The van der Waals surface area contributed by atoms with Crippen LogP contribution in [0.4, 0.5) is 10.1 Å². The molecule has 0 aromatic heterocycles. The number of hydrogen-bond acceptors (Lipinski definition) is 2. The van der Waals surface area contributed by atoms with Gasteiger partial charge in [-0.1, -0.05) is 18.6 Å². The van der Waals surface area contributed by atoms with Crippen LogP contribution in [-0.2, 0) is 10.2 Å². The fourth-order valence-electron chi connectivity index (χ4n) is 4.00. The zero-order valence-electron chi connectivity index (χ0n) is 15.2. The van der Waals surface area contributed by atoms with Crippen LogP contribution in [-0.4, -0.2) is 29.8 Å². The Kier molecular flexibility index (Phi) is 4.68. The highest BCUT2D eigenvalue weighted by atomic mass is 19.1. The third kappa shape index (κ3) is 3.34. The number of rotatable bonds is 4. The Balaban J connectivity index is 1.47. The van der Waals surface area contributed by atoms with Crippen LogP contribution < -0.4 is 5.32 Å². The molecule has 1 aliphatic heterocycles. The predicted octanol–water partition coefficient (Wildman–Crippen LogP) is 4.12. The largest absolute Gasteiger partial charge is 0.339 e. The van der Waals surface area contributed by atoms with Gasteiger partial charge in [-0.05, 0) is 67.6 Å². The smallest absolute Gasteiger partial charge is 0.253 e. The van der Waals surface area contributed by atoms with Gasteiger partial charge in [-0.25, -0.2) is 4.39 Å². The molecule has 0 atom stereocenters. The fourth-order valence-corrected chi connectivity index (χ4v) is 4.00. The number of halogens is 1. The van der Waals surface area contributed by atoms with E-state index in [1.54, 1.807) is 36.4 Å². The first kappa shape index (κ1) is 17.7. The summed E-state index contributed by atoms with van der Waals surface area (Å²) in [5.41, 5.74) is 1.59. The van der Waals surface area contributed by atoms with Gasteiger partial charge in [0.2, 0.25) is 5.91 Å². The van der Waals surface area contributed by atoms with Gasteiger partial charge in [0.05, 0.1) is 5.41 Å². The first-order chi connectivity index (χ1) is 13.1. The van der Waals surface area contributed by atoms with E-state index < -0.39 is 5.41 Å². The fraction of sp³-hybridized carbons (Fsp3) is 0.364. The monoisotopic (exact) mass is 366 g/mol. The van der Waals surface area contributed by atoms with Gasteiger partial charge in [-0.15, -0.1) is 0 Å². The minimum Gasteiger partial charge on any atom is -0.339 e. The Morgan fingerprint density at radius 2 is 1.52 bits per heavy atom. The van der Waals surface area contributed by atoms with Crippen LogP contribution in [0.3, 0.4) is 0 Å². The summed E-state index contributed by atoms with van der Waals surface area (Å²) in [7, 11) is 0. The molecule has 0 bridgehead atoms. The van der Waals surface area contributed by atoms with Gasteiger partial charge in [0, 0.05) is 24.3 Å². The average molecular weight is 366 g/mol. The van der Waals surface area contributed by atoms with E-state index in [-0.39, 0.29) is 17.6 Å². The molecule has 140 valence electrons. The number of nitrogens with one attached hydrogen (secondary N) is 1. The number of carbonyl (C=O) groups is 2. The average Bonchev–Trinajstić information content (AvgIpc) is 3.17. The second-order valence-corrected chi connectivity index (χ2v) is 7.47. The van der Waals surface area contributed by atoms with Gasteiger partial charge in [-0.3, -0.25) is 9.59 Å². The molecule has 1 saturated heterocycles. The van der Waals surface area contributed by atoms with E-state index in [2.05, 4.69) is 5.32 Å². The molecule has 2 amide bonds. The van der Waals surface area contributed by atoms with Gasteiger partial charge in [0.25, 0.3) is 5.91 Å². The topological polar surface area (TPSA) is 49.4 Å². The third-order valence-corrected chi connectivity index (χ3v) is 5.82. The van der Waals surface area contributed by atoms with E-state index in [0.29, 0.717) is 11.3 Å². The molecule has 4 nitrogen and oxygen atoms in total. The standard InChI is InChI=1S/C22H23FN2O2/c23-18-8-6-17(7-9-18)22(12-3-13-22)21(27)24-19-10-4-16(5-11-19)20(26)25-14-1-2-15-25/h4-11H,1-3,12-15H2,(H,24,27). The van der Waals surface area contributed by atoms with E-state index in [4.69, 9.17) is 0 Å². The Hall–Kier alpha value is -2.69. The maximum Gasteiger partial charge on any atom is 0.253 e. The van der Waals surface area contributed by atoms with Crippen LogP contribution in [0.1, 0.15) is 48.0 Å². The second-order valence-electron chi connectivity index (χ2n) is 7.47. The molecule has 2 fully saturated rings. The van der Waals surface area contributed by atoms with Gasteiger partial charge in [0.1, 0.15) is 5.82 Å². The molecule has 27 heavy (non-hydrogen) atoms. The summed E-state index contributed by atoms with van der Waals surface area (Å²) in [4.78, 5) is 27.2. The Morgan fingerprint density at radius 3 is 2.07 bits per heavy atom. The molecule has 5 heteroatoms. The van der Waals surface area contributed by atoms with Crippen molar-refractivity contribution in [1.29, 1.82) is 0 Å². The molecule has 0 spiro atoms. The molecular weight excluding hydrogens is 343 g/mol. The number of benzene rings is 2. The molecule has 0 radical (unpaired) electrons. The molecular formula is C22H23FN2O2. The van der Waals surface area contributed by atoms with Crippen LogP contribution in [0.2, 0.25) is 0 Å². The molecule has 2 aromatic rings. The zero-order chi connectivity index (χ0) is 18.9. The quantitative estimate of drug-likeness (QED) is 0.885. The van der Waals surface area contributed by atoms with Crippen molar-refractivity contribution in [3.05, 3.63) is 65.5 Å². The SMILES string of the molecule is O=C(c1ccc(NC(=O)C2(c3ccc(F)cc3)CCC2)cc1)N1CCCC1.